The SMILES string of the molecule is CC(C)c1ccccc1-n1c(SCC(=O)NC2CCCCCC2)nnc1-c1ccc(Cl)cc1. The minimum absolute atomic E-state index is 0.0617. The summed E-state index contributed by atoms with van der Waals surface area (Å²) in [5.41, 5.74) is 3.17. The van der Waals surface area contributed by atoms with Crippen LogP contribution in [0.1, 0.15) is 63.9 Å². The summed E-state index contributed by atoms with van der Waals surface area (Å²) in [6.07, 6.45) is 7.09. The second-order valence-electron chi connectivity index (χ2n) is 8.91. The van der Waals surface area contributed by atoms with Gasteiger partial charge in [0.05, 0.1) is 11.4 Å². The Balaban J connectivity index is 1.61. The Kier molecular flexibility index (Phi) is 8.10. The first-order valence-electron chi connectivity index (χ1n) is 11.8. The van der Waals surface area contributed by atoms with Crippen LogP contribution in [0.5, 0.6) is 0 Å². The molecule has 33 heavy (non-hydrogen) atoms. The van der Waals surface area contributed by atoms with Gasteiger partial charge in [0.25, 0.3) is 0 Å². The van der Waals surface area contributed by atoms with Crippen molar-refractivity contribution >= 4 is 29.3 Å². The number of rotatable bonds is 7. The molecule has 5 nitrogen and oxygen atoms in total. The lowest BCUT2D eigenvalue weighted by atomic mass is 10.0. The molecule has 1 aromatic heterocycles. The maximum absolute atomic E-state index is 12.7. The van der Waals surface area contributed by atoms with Gasteiger partial charge in [-0.15, -0.1) is 10.2 Å². The van der Waals surface area contributed by atoms with Crippen molar-refractivity contribution in [3.05, 3.63) is 59.1 Å². The third-order valence-electron chi connectivity index (χ3n) is 6.09. The molecule has 1 N–H and O–H groups in total. The van der Waals surface area contributed by atoms with Crippen molar-refractivity contribution < 1.29 is 4.79 Å². The summed E-state index contributed by atoms with van der Waals surface area (Å²) in [4.78, 5) is 12.7. The Morgan fingerprint density at radius 2 is 1.76 bits per heavy atom. The summed E-state index contributed by atoms with van der Waals surface area (Å²) >= 11 is 7.55. The molecule has 0 bridgehead atoms. The molecule has 7 heteroatoms. The average Bonchev–Trinajstić information content (AvgIpc) is 3.06. The topological polar surface area (TPSA) is 59.8 Å². The van der Waals surface area contributed by atoms with Crippen LogP contribution in [0.2, 0.25) is 5.02 Å². The normalized spacial score (nSPS) is 14.9. The minimum atomic E-state index is 0.0617. The molecule has 3 aromatic rings. The molecule has 1 fully saturated rings. The van der Waals surface area contributed by atoms with E-state index in [9.17, 15) is 4.79 Å². The largest absolute Gasteiger partial charge is 0.353 e. The molecule has 0 aliphatic heterocycles. The fourth-order valence-corrected chi connectivity index (χ4v) is 5.25. The van der Waals surface area contributed by atoms with E-state index in [1.54, 1.807) is 0 Å². The molecule has 0 saturated heterocycles. The van der Waals surface area contributed by atoms with Crippen LogP contribution in [-0.4, -0.2) is 32.5 Å². The van der Waals surface area contributed by atoms with Crippen molar-refractivity contribution in [1.29, 1.82) is 0 Å². The van der Waals surface area contributed by atoms with E-state index >= 15 is 0 Å². The van der Waals surface area contributed by atoms with Gasteiger partial charge in [0.1, 0.15) is 0 Å². The Bertz CT molecular complexity index is 1070. The Morgan fingerprint density at radius 3 is 2.45 bits per heavy atom. The van der Waals surface area contributed by atoms with Gasteiger partial charge in [-0.3, -0.25) is 9.36 Å². The molecule has 0 spiro atoms. The maximum Gasteiger partial charge on any atom is 0.230 e. The molecule has 1 saturated carbocycles. The zero-order valence-corrected chi connectivity index (χ0v) is 20.8. The second kappa shape index (κ2) is 11.2. The number of halogens is 1. The molecule has 1 heterocycles. The first-order chi connectivity index (χ1) is 16.0. The van der Waals surface area contributed by atoms with E-state index in [2.05, 4.69) is 52.1 Å². The summed E-state index contributed by atoms with van der Waals surface area (Å²) < 4.78 is 2.07. The predicted molar refractivity (Wildman–Crippen MR) is 136 cm³/mol. The Hall–Kier alpha value is -2.31. The van der Waals surface area contributed by atoms with Gasteiger partial charge >= 0.3 is 0 Å². The number of carbonyl (C=O) groups excluding carboxylic acids is 1. The zero-order chi connectivity index (χ0) is 23.2. The fraction of sp³-hybridized carbons (Fsp3) is 0.423. The average molecular weight is 483 g/mol. The highest BCUT2D eigenvalue weighted by Gasteiger charge is 2.21. The molecule has 0 radical (unpaired) electrons. The highest BCUT2D eigenvalue weighted by molar-refractivity contribution is 7.99. The van der Waals surface area contributed by atoms with Crippen LogP contribution in [0, 0.1) is 0 Å². The number of thioether (sulfide) groups is 1. The highest BCUT2D eigenvalue weighted by atomic mass is 35.5. The van der Waals surface area contributed by atoms with Gasteiger partial charge in [0.2, 0.25) is 5.91 Å². The van der Waals surface area contributed by atoms with Crippen LogP contribution in [0.4, 0.5) is 0 Å². The molecule has 1 amide bonds. The van der Waals surface area contributed by atoms with Crippen LogP contribution < -0.4 is 5.32 Å². The van der Waals surface area contributed by atoms with Gasteiger partial charge in [-0.05, 0) is 54.7 Å². The fourth-order valence-electron chi connectivity index (χ4n) is 4.37. The monoisotopic (exact) mass is 482 g/mol. The maximum atomic E-state index is 12.7. The smallest absolute Gasteiger partial charge is 0.230 e. The number of amides is 1. The predicted octanol–water partition coefficient (Wildman–Crippen LogP) is 6.64. The van der Waals surface area contributed by atoms with Crippen LogP contribution in [-0.2, 0) is 4.79 Å². The summed E-state index contributed by atoms with van der Waals surface area (Å²) in [6.45, 7) is 4.36. The van der Waals surface area contributed by atoms with Crippen molar-refractivity contribution in [3.63, 3.8) is 0 Å². The van der Waals surface area contributed by atoms with Gasteiger partial charge < -0.3 is 5.32 Å². The molecule has 1 aliphatic carbocycles. The molecule has 2 aromatic carbocycles. The number of nitrogens with zero attached hydrogens (tertiary/aromatic N) is 3. The number of carbonyl (C=O) groups is 1. The van der Waals surface area contributed by atoms with Crippen molar-refractivity contribution in [3.8, 4) is 17.1 Å². The standard InChI is InChI=1S/C26H31ClN4OS/c1-18(2)22-11-7-8-12-23(22)31-25(19-13-15-20(27)16-14-19)29-30-26(31)33-17-24(32)28-21-9-5-3-4-6-10-21/h7-8,11-16,18,21H,3-6,9-10,17H2,1-2H3,(H,28,32). The third kappa shape index (κ3) is 5.98. The number of hydrogen-bond acceptors (Lipinski definition) is 4. The van der Waals surface area contributed by atoms with Gasteiger partial charge in [0.15, 0.2) is 11.0 Å². The molecule has 4 rings (SSSR count). The van der Waals surface area contributed by atoms with Crippen molar-refractivity contribution in [2.24, 2.45) is 0 Å². The third-order valence-corrected chi connectivity index (χ3v) is 7.27. The van der Waals surface area contributed by atoms with E-state index in [1.165, 1.54) is 43.0 Å². The summed E-state index contributed by atoms with van der Waals surface area (Å²) in [5, 5.41) is 13.6. The van der Waals surface area contributed by atoms with E-state index in [-0.39, 0.29) is 5.91 Å². The lowest BCUT2D eigenvalue weighted by Crippen LogP contribution is -2.35. The molecular weight excluding hydrogens is 452 g/mol. The van der Waals surface area contributed by atoms with E-state index in [1.807, 2.05) is 30.3 Å². The van der Waals surface area contributed by atoms with Crippen molar-refractivity contribution in [1.82, 2.24) is 20.1 Å². The Labute approximate surface area is 205 Å². The van der Waals surface area contributed by atoms with Crippen LogP contribution in [0.3, 0.4) is 0 Å². The van der Waals surface area contributed by atoms with Crippen molar-refractivity contribution in [2.75, 3.05) is 5.75 Å². The first kappa shape index (κ1) is 23.8. The quantitative estimate of drug-likeness (QED) is 0.303. The van der Waals surface area contributed by atoms with E-state index < -0.39 is 0 Å². The summed E-state index contributed by atoms with van der Waals surface area (Å²) in [7, 11) is 0. The van der Waals surface area contributed by atoms with Gasteiger partial charge in [-0.1, -0.05) is 81.1 Å². The van der Waals surface area contributed by atoms with E-state index in [0.29, 0.717) is 27.9 Å². The molecular formula is C26H31ClN4OS. The molecule has 0 atom stereocenters. The van der Waals surface area contributed by atoms with Gasteiger partial charge in [-0.2, -0.15) is 0 Å². The zero-order valence-electron chi connectivity index (χ0n) is 19.3. The molecule has 174 valence electrons. The number of para-hydroxylation sites is 1. The van der Waals surface area contributed by atoms with Crippen LogP contribution in [0.15, 0.2) is 53.7 Å². The van der Waals surface area contributed by atoms with Gasteiger partial charge in [-0.25, -0.2) is 0 Å². The number of aromatic nitrogens is 3. The van der Waals surface area contributed by atoms with Crippen LogP contribution in [0.25, 0.3) is 17.1 Å². The van der Waals surface area contributed by atoms with E-state index in [4.69, 9.17) is 11.6 Å². The first-order valence-corrected chi connectivity index (χ1v) is 13.1. The highest BCUT2D eigenvalue weighted by Crippen LogP contribution is 2.32. The lowest BCUT2D eigenvalue weighted by Gasteiger charge is -2.18. The molecule has 0 unspecified atom stereocenters. The van der Waals surface area contributed by atoms with E-state index in [0.717, 1.165) is 29.9 Å². The summed E-state index contributed by atoms with van der Waals surface area (Å²) in [5.74, 6) is 1.45. The summed E-state index contributed by atoms with van der Waals surface area (Å²) in [6, 6.07) is 16.2. The van der Waals surface area contributed by atoms with Gasteiger partial charge in [0, 0.05) is 16.6 Å². The Morgan fingerprint density at radius 1 is 1.06 bits per heavy atom. The minimum Gasteiger partial charge on any atom is -0.353 e. The molecule has 1 aliphatic rings. The number of nitrogens with one attached hydrogen (secondary N) is 1. The lowest BCUT2D eigenvalue weighted by molar-refractivity contribution is -0.119. The van der Waals surface area contributed by atoms with Crippen molar-refractivity contribution in [2.45, 2.75) is 69.5 Å². The number of hydrogen-bond donors (Lipinski definition) is 1. The number of benzene rings is 2. The second-order valence-corrected chi connectivity index (χ2v) is 10.3. The van der Waals surface area contributed by atoms with Crippen LogP contribution >= 0.6 is 23.4 Å².